The van der Waals surface area contributed by atoms with Crippen molar-refractivity contribution in [2.24, 2.45) is 0 Å². The standard InChI is InChI=1S/C26H25FN2O/c1-16-5-6-17(2)24(13-16)28-26(30)21-9-12-25-23(14-21)18(3)19(4)29(25)15-20-7-10-22(27)11-8-20/h5-14H,15H2,1-4H3,(H,28,30). The summed E-state index contributed by atoms with van der Waals surface area (Å²) < 4.78 is 15.5. The number of amides is 1. The number of fused-ring (bicyclic) bond motifs is 1. The van der Waals surface area contributed by atoms with Crippen molar-refractivity contribution in [2.75, 3.05) is 5.32 Å². The number of hydrogen-bond donors (Lipinski definition) is 1. The maximum absolute atomic E-state index is 13.2. The van der Waals surface area contributed by atoms with Crippen LogP contribution in [-0.2, 0) is 6.54 Å². The van der Waals surface area contributed by atoms with E-state index in [-0.39, 0.29) is 11.7 Å². The summed E-state index contributed by atoms with van der Waals surface area (Å²) >= 11 is 0. The summed E-state index contributed by atoms with van der Waals surface area (Å²) in [7, 11) is 0. The first-order valence-corrected chi connectivity index (χ1v) is 10.1. The van der Waals surface area contributed by atoms with Crippen LogP contribution in [0, 0.1) is 33.5 Å². The van der Waals surface area contributed by atoms with Crippen molar-refractivity contribution in [1.82, 2.24) is 4.57 Å². The Morgan fingerprint density at radius 1 is 0.933 bits per heavy atom. The lowest BCUT2D eigenvalue weighted by Crippen LogP contribution is -2.13. The topological polar surface area (TPSA) is 34.0 Å². The molecule has 30 heavy (non-hydrogen) atoms. The summed E-state index contributed by atoms with van der Waals surface area (Å²) in [5.74, 6) is -0.350. The number of carbonyl (C=O) groups excluding carboxylic acids is 1. The Morgan fingerprint density at radius 3 is 2.40 bits per heavy atom. The summed E-state index contributed by atoms with van der Waals surface area (Å²) in [5, 5.41) is 4.10. The molecule has 3 nitrogen and oxygen atoms in total. The molecule has 0 fully saturated rings. The minimum atomic E-state index is -0.233. The summed E-state index contributed by atoms with van der Waals surface area (Å²) in [6.07, 6.45) is 0. The summed E-state index contributed by atoms with van der Waals surface area (Å²) in [6.45, 7) is 8.81. The second-order valence-corrected chi connectivity index (χ2v) is 7.93. The van der Waals surface area contributed by atoms with Crippen LogP contribution in [0.5, 0.6) is 0 Å². The number of rotatable bonds is 4. The largest absolute Gasteiger partial charge is 0.340 e. The van der Waals surface area contributed by atoms with Gasteiger partial charge < -0.3 is 9.88 Å². The number of aryl methyl sites for hydroxylation is 3. The van der Waals surface area contributed by atoms with Crippen molar-refractivity contribution in [1.29, 1.82) is 0 Å². The van der Waals surface area contributed by atoms with Crippen molar-refractivity contribution in [2.45, 2.75) is 34.2 Å². The van der Waals surface area contributed by atoms with Crippen LogP contribution in [0.15, 0.2) is 60.7 Å². The first-order valence-electron chi connectivity index (χ1n) is 10.1. The van der Waals surface area contributed by atoms with Gasteiger partial charge in [0.25, 0.3) is 5.91 Å². The summed E-state index contributed by atoms with van der Waals surface area (Å²) in [4.78, 5) is 12.9. The highest BCUT2D eigenvalue weighted by Crippen LogP contribution is 2.28. The van der Waals surface area contributed by atoms with Crippen LogP contribution in [0.4, 0.5) is 10.1 Å². The number of carbonyl (C=O) groups is 1. The first kappa shape index (κ1) is 19.9. The van der Waals surface area contributed by atoms with Gasteiger partial charge in [-0.05, 0) is 86.3 Å². The zero-order valence-electron chi connectivity index (χ0n) is 17.7. The summed E-state index contributed by atoms with van der Waals surface area (Å²) in [6, 6.07) is 18.4. The molecule has 1 N–H and O–H groups in total. The third kappa shape index (κ3) is 3.73. The van der Waals surface area contributed by atoms with E-state index in [9.17, 15) is 9.18 Å². The van der Waals surface area contributed by atoms with Gasteiger partial charge >= 0.3 is 0 Å². The van der Waals surface area contributed by atoms with Crippen LogP contribution in [0.2, 0.25) is 0 Å². The van der Waals surface area contributed by atoms with Crippen LogP contribution >= 0.6 is 0 Å². The van der Waals surface area contributed by atoms with E-state index in [0.29, 0.717) is 12.1 Å². The number of anilines is 1. The van der Waals surface area contributed by atoms with Crippen molar-refractivity contribution in [3.05, 3.63) is 100.0 Å². The molecule has 1 aromatic heterocycles. The number of hydrogen-bond acceptors (Lipinski definition) is 1. The van der Waals surface area contributed by atoms with E-state index in [0.717, 1.165) is 44.5 Å². The monoisotopic (exact) mass is 400 g/mol. The van der Waals surface area contributed by atoms with E-state index in [2.05, 4.69) is 23.7 Å². The van der Waals surface area contributed by atoms with Gasteiger partial charge in [-0.15, -0.1) is 0 Å². The zero-order valence-corrected chi connectivity index (χ0v) is 17.7. The van der Waals surface area contributed by atoms with Crippen molar-refractivity contribution in [3.63, 3.8) is 0 Å². The molecule has 4 rings (SSSR count). The molecule has 1 heterocycles. The third-order valence-electron chi connectivity index (χ3n) is 5.80. The zero-order chi connectivity index (χ0) is 21.4. The molecule has 4 heteroatoms. The van der Waals surface area contributed by atoms with Gasteiger partial charge in [-0.25, -0.2) is 4.39 Å². The molecule has 1 amide bonds. The maximum Gasteiger partial charge on any atom is 0.255 e. The highest BCUT2D eigenvalue weighted by atomic mass is 19.1. The van der Waals surface area contributed by atoms with Crippen LogP contribution in [0.25, 0.3) is 10.9 Å². The van der Waals surface area contributed by atoms with Crippen molar-refractivity contribution in [3.8, 4) is 0 Å². The van der Waals surface area contributed by atoms with Gasteiger partial charge in [0.15, 0.2) is 0 Å². The van der Waals surface area contributed by atoms with Gasteiger partial charge in [0.1, 0.15) is 5.82 Å². The number of nitrogens with one attached hydrogen (secondary N) is 1. The average Bonchev–Trinajstić information content (AvgIpc) is 2.96. The van der Waals surface area contributed by atoms with E-state index in [1.165, 1.54) is 12.1 Å². The third-order valence-corrected chi connectivity index (χ3v) is 5.80. The number of nitrogens with zero attached hydrogens (tertiary/aromatic N) is 1. The fourth-order valence-corrected chi connectivity index (χ4v) is 3.83. The van der Waals surface area contributed by atoms with Gasteiger partial charge in [0.05, 0.1) is 0 Å². The van der Waals surface area contributed by atoms with Gasteiger partial charge in [0.2, 0.25) is 0 Å². The van der Waals surface area contributed by atoms with Gasteiger partial charge in [-0.1, -0.05) is 24.3 Å². The predicted molar refractivity (Wildman–Crippen MR) is 121 cm³/mol. The van der Waals surface area contributed by atoms with Crippen LogP contribution in [-0.4, -0.2) is 10.5 Å². The van der Waals surface area contributed by atoms with Gasteiger partial charge in [-0.3, -0.25) is 4.79 Å². The SMILES string of the molecule is Cc1ccc(C)c(NC(=O)c2ccc3c(c2)c(C)c(C)n3Cc2ccc(F)cc2)c1. The lowest BCUT2D eigenvalue weighted by atomic mass is 10.1. The molecule has 0 aliphatic rings. The Labute approximate surface area is 176 Å². The quantitative estimate of drug-likeness (QED) is 0.428. The fraction of sp³-hybridized carbons (Fsp3) is 0.192. The van der Waals surface area contributed by atoms with Crippen molar-refractivity contribution < 1.29 is 9.18 Å². The van der Waals surface area contributed by atoms with E-state index >= 15 is 0 Å². The molecule has 0 atom stereocenters. The molecule has 152 valence electrons. The molecule has 0 spiro atoms. The average molecular weight is 400 g/mol. The normalized spacial score (nSPS) is 11.1. The van der Waals surface area contributed by atoms with E-state index < -0.39 is 0 Å². The highest BCUT2D eigenvalue weighted by Gasteiger charge is 2.15. The lowest BCUT2D eigenvalue weighted by Gasteiger charge is -2.11. The second kappa shape index (κ2) is 7.79. The maximum atomic E-state index is 13.2. The molecule has 0 bridgehead atoms. The molecular formula is C26H25FN2O. The Morgan fingerprint density at radius 2 is 1.67 bits per heavy atom. The van der Waals surface area contributed by atoms with Crippen LogP contribution in [0.3, 0.4) is 0 Å². The van der Waals surface area contributed by atoms with Crippen LogP contribution in [0.1, 0.15) is 38.3 Å². The lowest BCUT2D eigenvalue weighted by molar-refractivity contribution is 0.102. The number of aromatic nitrogens is 1. The minimum Gasteiger partial charge on any atom is -0.340 e. The van der Waals surface area contributed by atoms with E-state index in [1.54, 1.807) is 0 Å². The molecule has 3 aromatic carbocycles. The van der Waals surface area contributed by atoms with Gasteiger partial charge in [-0.2, -0.15) is 0 Å². The smallest absolute Gasteiger partial charge is 0.255 e. The molecule has 0 saturated carbocycles. The Balaban J connectivity index is 1.67. The molecule has 0 saturated heterocycles. The van der Waals surface area contributed by atoms with Crippen LogP contribution < -0.4 is 5.32 Å². The van der Waals surface area contributed by atoms with E-state index in [4.69, 9.17) is 0 Å². The first-order chi connectivity index (χ1) is 14.3. The molecule has 0 aliphatic carbocycles. The predicted octanol–water partition coefficient (Wildman–Crippen LogP) is 6.31. The van der Waals surface area contributed by atoms with Crippen molar-refractivity contribution >= 4 is 22.5 Å². The fourth-order valence-electron chi connectivity index (χ4n) is 3.83. The molecule has 0 unspecified atom stereocenters. The molecule has 0 aliphatic heterocycles. The molecular weight excluding hydrogens is 375 g/mol. The van der Waals surface area contributed by atoms with Gasteiger partial charge in [0, 0.05) is 34.4 Å². The number of halogens is 1. The Bertz CT molecular complexity index is 1250. The second-order valence-electron chi connectivity index (χ2n) is 7.93. The summed E-state index contributed by atoms with van der Waals surface area (Å²) in [5.41, 5.74) is 8.00. The molecule has 0 radical (unpaired) electrons. The Kier molecular flexibility index (Phi) is 5.17. The molecule has 4 aromatic rings. The Hall–Kier alpha value is -3.40. The van der Waals surface area contributed by atoms with E-state index in [1.807, 2.05) is 62.4 Å². The number of benzene rings is 3. The highest BCUT2D eigenvalue weighted by molar-refractivity contribution is 6.07. The minimum absolute atomic E-state index is 0.117.